The molecule has 0 atom stereocenters. The van der Waals surface area contributed by atoms with E-state index in [0.29, 0.717) is 32.1 Å². The molecule has 0 unspecified atom stereocenters. The maximum absolute atomic E-state index is 13.3. The van der Waals surface area contributed by atoms with Crippen molar-refractivity contribution >= 4 is 11.7 Å². The van der Waals surface area contributed by atoms with Crippen LogP contribution in [0.25, 0.3) is 0 Å². The molecule has 1 aliphatic carbocycles. The third-order valence-electron chi connectivity index (χ3n) is 7.57. The van der Waals surface area contributed by atoms with Crippen LogP contribution < -0.4 is 0 Å². The Hall–Kier alpha value is -3.18. The number of nitrogens with zero attached hydrogens (tertiary/aromatic N) is 3. The van der Waals surface area contributed by atoms with Gasteiger partial charge >= 0.3 is 0 Å². The summed E-state index contributed by atoms with van der Waals surface area (Å²) in [7, 11) is 0. The third kappa shape index (κ3) is 5.25. The SMILES string of the molecule is Cc1cc(C(=O)CN2CCN(C(=O)CC(c3ccccc3)c3ccccc3)CC2)c(C)n1C1CC1. The first-order valence-corrected chi connectivity index (χ1v) is 12.8. The van der Waals surface area contributed by atoms with E-state index in [1.165, 1.54) is 29.7 Å². The maximum Gasteiger partial charge on any atom is 0.223 e. The number of carbonyl (C=O) groups excluding carboxylic acids is 2. The number of hydrogen-bond donors (Lipinski definition) is 0. The van der Waals surface area contributed by atoms with Crippen molar-refractivity contribution in [1.29, 1.82) is 0 Å². The fourth-order valence-corrected chi connectivity index (χ4v) is 5.50. The molecule has 0 N–H and O–H groups in total. The lowest BCUT2D eigenvalue weighted by atomic mass is 9.88. The Bertz CT molecular complexity index is 1130. The molecule has 35 heavy (non-hydrogen) atoms. The van der Waals surface area contributed by atoms with Crippen molar-refractivity contribution in [2.45, 2.75) is 45.1 Å². The summed E-state index contributed by atoms with van der Waals surface area (Å²) in [4.78, 5) is 30.5. The molecular weight excluding hydrogens is 434 g/mol. The summed E-state index contributed by atoms with van der Waals surface area (Å²) in [5.74, 6) is 0.422. The third-order valence-corrected chi connectivity index (χ3v) is 7.57. The van der Waals surface area contributed by atoms with Gasteiger partial charge in [0, 0.05) is 61.5 Å². The molecule has 5 rings (SSSR count). The van der Waals surface area contributed by atoms with Gasteiger partial charge in [-0.2, -0.15) is 0 Å². The lowest BCUT2D eigenvalue weighted by molar-refractivity contribution is -0.133. The van der Waals surface area contributed by atoms with Crippen LogP contribution in [0.15, 0.2) is 66.7 Å². The Labute approximate surface area is 208 Å². The standard InChI is InChI=1S/C30H35N3O2/c1-22-19-27(23(2)33(22)26-13-14-26)29(34)21-31-15-17-32(18-16-31)30(35)20-28(24-9-5-3-6-10-24)25-11-7-4-8-12-25/h3-12,19,26,28H,13-18,20-21H2,1-2H3. The van der Waals surface area contributed by atoms with Gasteiger partial charge in [0.05, 0.1) is 6.54 Å². The number of hydrogen-bond acceptors (Lipinski definition) is 3. The second-order valence-electron chi connectivity index (χ2n) is 10.0. The van der Waals surface area contributed by atoms with Crippen molar-refractivity contribution < 1.29 is 9.59 Å². The lowest BCUT2D eigenvalue weighted by Crippen LogP contribution is -2.50. The second-order valence-corrected chi connectivity index (χ2v) is 10.0. The zero-order chi connectivity index (χ0) is 24.4. The number of piperazine rings is 1. The molecule has 2 heterocycles. The van der Waals surface area contributed by atoms with Crippen molar-refractivity contribution in [3.63, 3.8) is 0 Å². The minimum Gasteiger partial charge on any atom is -0.345 e. The van der Waals surface area contributed by atoms with E-state index in [1.807, 2.05) is 41.3 Å². The highest BCUT2D eigenvalue weighted by molar-refractivity contribution is 5.99. The van der Waals surface area contributed by atoms with Crippen LogP contribution in [0, 0.1) is 13.8 Å². The van der Waals surface area contributed by atoms with Gasteiger partial charge in [0.15, 0.2) is 5.78 Å². The fraction of sp³-hybridized carbons (Fsp3) is 0.400. The van der Waals surface area contributed by atoms with Gasteiger partial charge in [0.2, 0.25) is 5.91 Å². The molecule has 1 saturated heterocycles. The zero-order valence-corrected chi connectivity index (χ0v) is 20.8. The zero-order valence-electron chi connectivity index (χ0n) is 20.8. The quantitative estimate of drug-likeness (QED) is 0.437. The summed E-state index contributed by atoms with van der Waals surface area (Å²) in [5.41, 5.74) is 5.49. The molecule has 5 heteroatoms. The summed E-state index contributed by atoms with van der Waals surface area (Å²) >= 11 is 0. The van der Waals surface area contributed by atoms with Crippen LogP contribution >= 0.6 is 0 Å². The average Bonchev–Trinajstić information content (AvgIpc) is 3.67. The Morgan fingerprint density at radius 1 is 0.857 bits per heavy atom. The predicted octanol–water partition coefficient (Wildman–Crippen LogP) is 4.99. The van der Waals surface area contributed by atoms with E-state index in [1.54, 1.807) is 0 Å². The van der Waals surface area contributed by atoms with E-state index in [0.717, 1.165) is 24.3 Å². The smallest absolute Gasteiger partial charge is 0.223 e. The highest BCUT2D eigenvalue weighted by Crippen LogP contribution is 2.38. The number of aromatic nitrogens is 1. The van der Waals surface area contributed by atoms with E-state index in [2.05, 4.69) is 53.6 Å². The Kier molecular flexibility index (Phi) is 6.87. The van der Waals surface area contributed by atoms with Crippen LogP contribution in [0.3, 0.4) is 0 Å². The first-order chi connectivity index (χ1) is 17.0. The maximum atomic E-state index is 13.3. The van der Waals surface area contributed by atoms with Gasteiger partial charge in [-0.15, -0.1) is 0 Å². The van der Waals surface area contributed by atoms with Crippen molar-refractivity contribution in [1.82, 2.24) is 14.4 Å². The topological polar surface area (TPSA) is 45.6 Å². The van der Waals surface area contributed by atoms with Crippen molar-refractivity contribution in [3.8, 4) is 0 Å². The lowest BCUT2D eigenvalue weighted by Gasteiger charge is -2.35. The number of benzene rings is 2. The molecule has 1 saturated carbocycles. The van der Waals surface area contributed by atoms with Crippen LogP contribution in [0.5, 0.6) is 0 Å². The summed E-state index contributed by atoms with van der Waals surface area (Å²) < 4.78 is 2.33. The van der Waals surface area contributed by atoms with Gasteiger partial charge < -0.3 is 9.47 Å². The molecule has 0 radical (unpaired) electrons. The first kappa shape index (κ1) is 23.6. The molecule has 3 aromatic rings. The molecule has 1 aliphatic heterocycles. The van der Waals surface area contributed by atoms with Gasteiger partial charge in [-0.25, -0.2) is 0 Å². The number of carbonyl (C=O) groups is 2. The molecular formula is C30H35N3O2. The Balaban J connectivity index is 1.19. The number of aryl methyl sites for hydroxylation is 1. The predicted molar refractivity (Wildman–Crippen MR) is 139 cm³/mol. The second kappa shape index (κ2) is 10.2. The van der Waals surface area contributed by atoms with Gasteiger partial charge in [-0.3, -0.25) is 14.5 Å². The molecule has 2 aromatic carbocycles. The molecule has 0 bridgehead atoms. The van der Waals surface area contributed by atoms with Crippen LogP contribution in [-0.2, 0) is 4.79 Å². The van der Waals surface area contributed by atoms with Crippen molar-refractivity contribution in [2.24, 2.45) is 0 Å². The summed E-state index contributed by atoms with van der Waals surface area (Å²) in [6.07, 6.45) is 2.89. The van der Waals surface area contributed by atoms with E-state index < -0.39 is 0 Å². The molecule has 1 amide bonds. The van der Waals surface area contributed by atoms with E-state index in [4.69, 9.17) is 0 Å². The summed E-state index contributed by atoms with van der Waals surface area (Å²) in [6.45, 7) is 7.41. The molecule has 2 fully saturated rings. The first-order valence-electron chi connectivity index (χ1n) is 12.8. The molecule has 0 spiro atoms. The number of rotatable bonds is 8. The Morgan fingerprint density at radius 2 is 1.43 bits per heavy atom. The normalized spacial score (nSPS) is 16.6. The molecule has 1 aromatic heterocycles. The van der Waals surface area contributed by atoms with Crippen LogP contribution in [0.4, 0.5) is 0 Å². The van der Waals surface area contributed by atoms with Gasteiger partial charge in [0.25, 0.3) is 0 Å². The number of Topliss-reactive ketones (excluding diaryl/α,β-unsaturated/α-hetero) is 1. The minimum absolute atomic E-state index is 0.0474. The Morgan fingerprint density at radius 3 is 1.97 bits per heavy atom. The number of amides is 1. The van der Waals surface area contributed by atoms with Gasteiger partial charge in [-0.1, -0.05) is 60.7 Å². The fourth-order valence-electron chi connectivity index (χ4n) is 5.50. The van der Waals surface area contributed by atoms with Gasteiger partial charge in [-0.05, 0) is 43.9 Å². The van der Waals surface area contributed by atoms with Crippen LogP contribution in [0.2, 0.25) is 0 Å². The molecule has 5 nitrogen and oxygen atoms in total. The highest BCUT2D eigenvalue weighted by atomic mass is 16.2. The highest BCUT2D eigenvalue weighted by Gasteiger charge is 2.30. The van der Waals surface area contributed by atoms with Gasteiger partial charge in [0.1, 0.15) is 0 Å². The number of ketones is 1. The molecule has 182 valence electrons. The van der Waals surface area contributed by atoms with E-state index >= 15 is 0 Å². The van der Waals surface area contributed by atoms with Crippen LogP contribution in [-0.4, -0.2) is 58.8 Å². The van der Waals surface area contributed by atoms with E-state index in [-0.39, 0.29) is 17.6 Å². The summed E-state index contributed by atoms with van der Waals surface area (Å²) in [5, 5.41) is 0. The van der Waals surface area contributed by atoms with Crippen LogP contribution in [0.1, 0.15) is 64.1 Å². The molecule has 2 aliphatic rings. The minimum atomic E-state index is 0.0474. The largest absolute Gasteiger partial charge is 0.345 e. The van der Waals surface area contributed by atoms with E-state index in [9.17, 15) is 9.59 Å². The summed E-state index contributed by atoms with van der Waals surface area (Å²) in [6, 6.07) is 23.2. The van der Waals surface area contributed by atoms with Crippen molar-refractivity contribution in [3.05, 3.63) is 94.8 Å². The average molecular weight is 470 g/mol. The monoisotopic (exact) mass is 469 g/mol. The van der Waals surface area contributed by atoms with Crippen molar-refractivity contribution in [2.75, 3.05) is 32.7 Å².